The summed E-state index contributed by atoms with van der Waals surface area (Å²) in [4.78, 5) is 3.87. The minimum Gasteiger partial charge on any atom is -0.265 e. The molecule has 0 atom stereocenters. The van der Waals surface area contributed by atoms with Crippen molar-refractivity contribution in [2.75, 3.05) is 0 Å². The topological polar surface area (TPSA) is 12.9 Å². The van der Waals surface area contributed by atoms with Crippen molar-refractivity contribution >= 4 is 0 Å². The van der Waals surface area contributed by atoms with Gasteiger partial charge in [0.15, 0.2) is 0 Å². The fourth-order valence-corrected chi connectivity index (χ4v) is 1.18. The Morgan fingerprint density at radius 3 is 2.62 bits per heavy atom. The standard InChI is InChI=1S/C11H7FN/c12-11-4-2-1-3-10(11)9-5-7-13-8-6-9/h1,3-8H. The predicted molar refractivity (Wildman–Crippen MR) is 48.5 cm³/mol. The fourth-order valence-electron chi connectivity index (χ4n) is 1.18. The van der Waals surface area contributed by atoms with Gasteiger partial charge in [-0.2, -0.15) is 0 Å². The summed E-state index contributed by atoms with van der Waals surface area (Å²) in [6.07, 6.45) is 3.29. The fraction of sp³-hybridized carbons (Fsp3) is 0. The zero-order valence-corrected chi connectivity index (χ0v) is 6.87. The molecule has 0 saturated carbocycles. The van der Waals surface area contributed by atoms with Crippen molar-refractivity contribution in [2.45, 2.75) is 0 Å². The molecule has 0 spiro atoms. The summed E-state index contributed by atoms with van der Waals surface area (Å²) >= 11 is 0. The summed E-state index contributed by atoms with van der Waals surface area (Å²) in [5.41, 5.74) is 1.42. The van der Waals surface area contributed by atoms with Crippen LogP contribution >= 0.6 is 0 Å². The van der Waals surface area contributed by atoms with E-state index in [0.717, 1.165) is 5.56 Å². The highest BCUT2D eigenvalue weighted by Gasteiger charge is 2.01. The second kappa shape index (κ2) is 3.35. The Morgan fingerprint density at radius 2 is 1.92 bits per heavy atom. The van der Waals surface area contributed by atoms with Crippen molar-refractivity contribution in [2.24, 2.45) is 0 Å². The van der Waals surface area contributed by atoms with Crippen LogP contribution in [0.3, 0.4) is 0 Å². The van der Waals surface area contributed by atoms with Crippen molar-refractivity contribution in [1.29, 1.82) is 0 Å². The lowest BCUT2D eigenvalue weighted by atomic mass is 10.1. The summed E-state index contributed by atoms with van der Waals surface area (Å²) < 4.78 is 13.2. The van der Waals surface area contributed by atoms with Gasteiger partial charge < -0.3 is 0 Å². The van der Waals surface area contributed by atoms with Gasteiger partial charge in [-0.3, -0.25) is 4.98 Å². The molecule has 0 bridgehead atoms. The van der Waals surface area contributed by atoms with Crippen LogP contribution in [0.4, 0.5) is 4.39 Å². The second-order valence-electron chi connectivity index (χ2n) is 2.64. The number of rotatable bonds is 1. The van der Waals surface area contributed by atoms with Gasteiger partial charge in [-0.05, 0) is 29.8 Å². The first kappa shape index (κ1) is 7.92. The molecule has 0 aliphatic carbocycles. The maximum Gasteiger partial charge on any atom is 0.131 e. The van der Waals surface area contributed by atoms with Gasteiger partial charge in [0.1, 0.15) is 5.82 Å². The number of hydrogen-bond acceptors (Lipinski definition) is 1. The minimum atomic E-state index is -0.256. The molecule has 0 aliphatic heterocycles. The molecule has 2 heteroatoms. The van der Waals surface area contributed by atoms with E-state index in [1.54, 1.807) is 36.7 Å². The highest BCUT2D eigenvalue weighted by molar-refractivity contribution is 5.62. The number of benzene rings is 1. The van der Waals surface area contributed by atoms with Gasteiger partial charge in [0.05, 0.1) is 0 Å². The molecule has 0 fully saturated rings. The van der Waals surface area contributed by atoms with Gasteiger partial charge in [0.2, 0.25) is 0 Å². The first-order valence-electron chi connectivity index (χ1n) is 3.94. The third-order valence-electron chi connectivity index (χ3n) is 1.80. The summed E-state index contributed by atoms with van der Waals surface area (Å²) in [7, 11) is 0. The van der Waals surface area contributed by atoms with E-state index >= 15 is 0 Å². The van der Waals surface area contributed by atoms with E-state index in [9.17, 15) is 4.39 Å². The number of hydrogen-bond donors (Lipinski definition) is 0. The van der Waals surface area contributed by atoms with Gasteiger partial charge in [0.25, 0.3) is 0 Å². The van der Waals surface area contributed by atoms with E-state index in [2.05, 4.69) is 11.1 Å². The van der Waals surface area contributed by atoms with Gasteiger partial charge in [0, 0.05) is 18.0 Å². The summed E-state index contributed by atoms with van der Waals surface area (Å²) in [5.74, 6) is -0.256. The van der Waals surface area contributed by atoms with E-state index in [1.807, 2.05) is 0 Å². The second-order valence-corrected chi connectivity index (χ2v) is 2.64. The van der Waals surface area contributed by atoms with Gasteiger partial charge >= 0.3 is 0 Å². The Morgan fingerprint density at radius 1 is 1.15 bits per heavy atom. The van der Waals surface area contributed by atoms with E-state index in [4.69, 9.17) is 0 Å². The Labute approximate surface area is 75.9 Å². The van der Waals surface area contributed by atoms with Crippen LogP contribution < -0.4 is 0 Å². The lowest BCUT2D eigenvalue weighted by Crippen LogP contribution is -1.83. The molecule has 0 amide bonds. The van der Waals surface area contributed by atoms with E-state index in [1.165, 1.54) is 6.07 Å². The highest BCUT2D eigenvalue weighted by Crippen LogP contribution is 2.20. The van der Waals surface area contributed by atoms with Crippen LogP contribution in [0.2, 0.25) is 0 Å². The SMILES string of the molecule is Fc1c[c]ccc1-c1ccncc1. The molecule has 0 unspecified atom stereocenters. The molecule has 1 nitrogen and oxygen atoms in total. The van der Waals surface area contributed by atoms with Crippen LogP contribution in [0.15, 0.2) is 42.7 Å². The molecule has 0 N–H and O–H groups in total. The normalized spacial score (nSPS) is 9.92. The molecule has 1 aromatic heterocycles. The molecule has 63 valence electrons. The van der Waals surface area contributed by atoms with Crippen molar-refractivity contribution in [3.8, 4) is 11.1 Å². The van der Waals surface area contributed by atoms with Crippen molar-refractivity contribution in [3.63, 3.8) is 0 Å². The van der Waals surface area contributed by atoms with Crippen LogP contribution in [-0.2, 0) is 0 Å². The quantitative estimate of drug-likeness (QED) is 0.644. The minimum absolute atomic E-state index is 0.256. The Bertz CT molecular complexity index is 398. The van der Waals surface area contributed by atoms with Crippen LogP contribution in [0, 0.1) is 11.9 Å². The molecule has 1 aromatic carbocycles. The lowest BCUT2D eigenvalue weighted by Gasteiger charge is -2.00. The Kier molecular flexibility index (Phi) is 2.04. The average Bonchev–Trinajstić information content (AvgIpc) is 2.20. The summed E-state index contributed by atoms with van der Waals surface area (Å²) in [6, 6.07) is 11.0. The molecule has 13 heavy (non-hydrogen) atoms. The average molecular weight is 172 g/mol. The van der Waals surface area contributed by atoms with Crippen LogP contribution in [0.1, 0.15) is 0 Å². The van der Waals surface area contributed by atoms with Crippen LogP contribution in [0.5, 0.6) is 0 Å². The van der Waals surface area contributed by atoms with Crippen molar-refractivity contribution < 1.29 is 4.39 Å². The van der Waals surface area contributed by atoms with Crippen molar-refractivity contribution in [3.05, 3.63) is 54.6 Å². The Hall–Kier alpha value is -1.70. The molecule has 2 rings (SSSR count). The number of nitrogens with zero attached hydrogens (tertiary/aromatic N) is 1. The van der Waals surface area contributed by atoms with Gasteiger partial charge in [-0.25, -0.2) is 4.39 Å². The molecule has 1 heterocycles. The largest absolute Gasteiger partial charge is 0.265 e. The molecule has 0 saturated heterocycles. The third-order valence-corrected chi connectivity index (χ3v) is 1.80. The first-order valence-corrected chi connectivity index (χ1v) is 3.94. The lowest BCUT2D eigenvalue weighted by molar-refractivity contribution is 0.631. The van der Waals surface area contributed by atoms with Crippen LogP contribution in [0.25, 0.3) is 11.1 Å². The number of pyridine rings is 1. The molecular formula is C11H7FN. The zero-order valence-electron chi connectivity index (χ0n) is 6.87. The van der Waals surface area contributed by atoms with Crippen molar-refractivity contribution in [1.82, 2.24) is 4.98 Å². The van der Waals surface area contributed by atoms with E-state index < -0.39 is 0 Å². The molecule has 1 radical (unpaired) electrons. The highest BCUT2D eigenvalue weighted by atomic mass is 19.1. The molecule has 0 aliphatic rings. The maximum absolute atomic E-state index is 13.2. The summed E-state index contributed by atoms with van der Waals surface area (Å²) in [5, 5.41) is 0. The van der Waals surface area contributed by atoms with E-state index in [0.29, 0.717) is 5.56 Å². The molecular weight excluding hydrogens is 165 g/mol. The smallest absolute Gasteiger partial charge is 0.131 e. The molecule has 2 aromatic rings. The number of aromatic nitrogens is 1. The predicted octanol–water partition coefficient (Wildman–Crippen LogP) is 2.69. The third kappa shape index (κ3) is 1.56. The maximum atomic E-state index is 13.2. The van der Waals surface area contributed by atoms with E-state index in [-0.39, 0.29) is 5.82 Å². The summed E-state index contributed by atoms with van der Waals surface area (Å²) in [6.45, 7) is 0. The van der Waals surface area contributed by atoms with Gasteiger partial charge in [-0.15, -0.1) is 0 Å². The van der Waals surface area contributed by atoms with Gasteiger partial charge in [-0.1, -0.05) is 12.1 Å². The monoisotopic (exact) mass is 172 g/mol. The van der Waals surface area contributed by atoms with Crippen LogP contribution in [-0.4, -0.2) is 4.98 Å². The number of halogens is 1. The Balaban J connectivity index is 2.54. The first-order chi connectivity index (χ1) is 6.38. The zero-order chi connectivity index (χ0) is 9.10.